The van der Waals surface area contributed by atoms with Gasteiger partial charge in [0.2, 0.25) is 5.91 Å². The summed E-state index contributed by atoms with van der Waals surface area (Å²) in [7, 11) is 0. The lowest BCUT2D eigenvalue weighted by Gasteiger charge is -2.17. The number of hydrogen-bond acceptors (Lipinski definition) is 4. The molecule has 0 saturated heterocycles. The Balaban J connectivity index is 2.21. The highest BCUT2D eigenvalue weighted by atomic mass is 35.5. The quantitative estimate of drug-likeness (QED) is 0.698. The first kappa shape index (κ1) is 15.0. The molecule has 0 radical (unpaired) electrons. The standard InChI is InChI=1S/C15H15ClN2O3/c1-8(9-4-11(19)7-12(20)5-9)18-10-2-3-13(15(17)21)14(16)6-10/h2-8,18-20H,1H3,(H2,17,21). The number of anilines is 1. The minimum absolute atomic E-state index is 0.0132. The van der Waals surface area contributed by atoms with E-state index in [0.717, 1.165) is 0 Å². The van der Waals surface area contributed by atoms with Gasteiger partial charge in [0.15, 0.2) is 0 Å². The molecule has 6 heteroatoms. The van der Waals surface area contributed by atoms with Crippen molar-refractivity contribution in [2.75, 3.05) is 5.32 Å². The molecule has 2 rings (SSSR count). The van der Waals surface area contributed by atoms with Crippen LogP contribution in [0.2, 0.25) is 5.02 Å². The largest absolute Gasteiger partial charge is 0.508 e. The normalized spacial score (nSPS) is 11.9. The first-order valence-corrected chi connectivity index (χ1v) is 6.63. The molecule has 0 bridgehead atoms. The number of primary amides is 1. The van der Waals surface area contributed by atoms with Gasteiger partial charge in [0.1, 0.15) is 11.5 Å². The van der Waals surface area contributed by atoms with Crippen LogP contribution in [0.4, 0.5) is 5.69 Å². The van der Waals surface area contributed by atoms with E-state index < -0.39 is 5.91 Å². The van der Waals surface area contributed by atoms with Crippen molar-refractivity contribution >= 4 is 23.2 Å². The van der Waals surface area contributed by atoms with Crippen LogP contribution in [0.1, 0.15) is 28.9 Å². The van der Waals surface area contributed by atoms with Crippen LogP contribution in [-0.4, -0.2) is 16.1 Å². The Bertz CT molecular complexity index is 668. The van der Waals surface area contributed by atoms with Gasteiger partial charge in [0.25, 0.3) is 0 Å². The van der Waals surface area contributed by atoms with Gasteiger partial charge < -0.3 is 21.3 Å². The maximum Gasteiger partial charge on any atom is 0.250 e. The van der Waals surface area contributed by atoms with Crippen molar-refractivity contribution in [1.29, 1.82) is 0 Å². The number of aromatic hydroxyl groups is 2. The number of halogens is 1. The van der Waals surface area contributed by atoms with Gasteiger partial charge in [-0.2, -0.15) is 0 Å². The minimum atomic E-state index is -0.586. The lowest BCUT2D eigenvalue weighted by Crippen LogP contribution is -2.12. The van der Waals surface area contributed by atoms with Gasteiger partial charge in [-0.1, -0.05) is 11.6 Å². The number of phenols is 2. The van der Waals surface area contributed by atoms with Crippen molar-refractivity contribution in [3.8, 4) is 11.5 Å². The van der Waals surface area contributed by atoms with Gasteiger partial charge in [0.05, 0.1) is 10.6 Å². The Morgan fingerprint density at radius 2 is 1.81 bits per heavy atom. The van der Waals surface area contributed by atoms with E-state index in [1.54, 1.807) is 30.3 Å². The maximum atomic E-state index is 11.1. The fourth-order valence-electron chi connectivity index (χ4n) is 2.01. The number of phenolic OH excluding ortho intramolecular Hbond substituents is 2. The molecule has 5 nitrogen and oxygen atoms in total. The second-order valence-electron chi connectivity index (χ2n) is 4.71. The highest BCUT2D eigenvalue weighted by molar-refractivity contribution is 6.34. The summed E-state index contributed by atoms with van der Waals surface area (Å²) in [6.07, 6.45) is 0. The third-order valence-corrected chi connectivity index (χ3v) is 3.36. The Hall–Kier alpha value is -2.40. The fraction of sp³-hybridized carbons (Fsp3) is 0.133. The molecule has 0 aliphatic rings. The van der Waals surface area contributed by atoms with E-state index in [9.17, 15) is 15.0 Å². The summed E-state index contributed by atoms with van der Waals surface area (Å²) in [6.45, 7) is 1.87. The number of rotatable bonds is 4. The topological polar surface area (TPSA) is 95.6 Å². The molecule has 1 atom stereocenters. The first-order valence-electron chi connectivity index (χ1n) is 6.25. The van der Waals surface area contributed by atoms with Crippen molar-refractivity contribution in [2.24, 2.45) is 5.73 Å². The molecule has 2 aromatic rings. The summed E-state index contributed by atoms with van der Waals surface area (Å²) in [5.74, 6) is -0.612. The molecule has 5 N–H and O–H groups in total. The summed E-state index contributed by atoms with van der Waals surface area (Å²) in [5.41, 5.74) is 6.85. The average Bonchev–Trinajstić information content (AvgIpc) is 2.37. The van der Waals surface area contributed by atoms with E-state index in [4.69, 9.17) is 17.3 Å². The molecule has 0 aliphatic heterocycles. The van der Waals surface area contributed by atoms with E-state index in [0.29, 0.717) is 11.3 Å². The van der Waals surface area contributed by atoms with Gasteiger partial charge in [-0.05, 0) is 42.8 Å². The highest BCUT2D eigenvalue weighted by Crippen LogP contribution is 2.28. The number of hydrogen-bond donors (Lipinski definition) is 4. The van der Waals surface area contributed by atoms with E-state index in [2.05, 4.69) is 5.32 Å². The summed E-state index contributed by atoms with van der Waals surface area (Å²) in [5, 5.41) is 22.4. The lowest BCUT2D eigenvalue weighted by molar-refractivity contribution is 0.100. The van der Waals surface area contributed by atoms with Crippen molar-refractivity contribution in [1.82, 2.24) is 0 Å². The molecule has 0 aliphatic carbocycles. The van der Waals surface area contributed by atoms with E-state index >= 15 is 0 Å². The zero-order valence-electron chi connectivity index (χ0n) is 11.3. The van der Waals surface area contributed by atoms with Crippen molar-refractivity contribution in [2.45, 2.75) is 13.0 Å². The number of nitrogens with two attached hydrogens (primary N) is 1. The minimum Gasteiger partial charge on any atom is -0.508 e. The Morgan fingerprint density at radius 1 is 1.19 bits per heavy atom. The summed E-state index contributed by atoms with van der Waals surface area (Å²) in [6, 6.07) is 9.01. The zero-order valence-corrected chi connectivity index (χ0v) is 12.1. The van der Waals surface area contributed by atoms with Gasteiger partial charge in [-0.25, -0.2) is 0 Å². The SMILES string of the molecule is CC(Nc1ccc(C(N)=O)c(Cl)c1)c1cc(O)cc(O)c1. The highest BCUT2D eigenvalue weighted by Gasteiger charge is 2.11. The molecule has 21 heavy (non-hydrogen) atoms. The van der Waals surface area contributed by atoms with Crippen molar-refractivity contribution in [3.63, 3.8) is 0 Å². The number of nitrogens with one attached hydrogen (secondary N) is 1. The van der Waals surface area contributed by atoms with Gasteiger partial charge in [0, 0.05) is 17.8 Å². The van der Waals surface area contributed by atoms with Crippen molar-refractivity contribution < 1.29 is 15.0 Å². The summed E-state index contributed by atoms with van der Waals surface area (Å²) < 4.78 is 0. The fourth-order valence-corrected chi connectivity index (χ4v) is 2.28. The molecule has 110 valence electrons. The average molecular weight is 307 g/mol. The van der Waals surface area contributed by atoms with Crippen LogP contribution in [0.15, 0.2) is 36.4 Å². The molecule has 0 heterocycles. The smallest absolute Gasteiger partial charge is 0.250 e. The summed E-state index contributed by atoms with van der Waals surface area (Å²) in [4.78, 5) is 11.1. The van der Waals surface area contributed by atoms with Crippen LogP contribution in [0, 0.1) is 0 Å². The number of amides is 1. The van der Waals surface area contributed by atoms with Gasteiger partial charge in [-0.15, -0.1) is 0 Å². The Morgan fingerprint density at radius 3 is 2.33 bits per heavy atom. The second kappa shape index (κ2) is 5.93. The monoisotopic (exact) mass is 306 g/mol. The predicted octanol–water partition coefficient (Wildman–Crippen LogP) is 3.02. The van der Waals surface area contributed by atoms with Crippen LogP contribution in [0.5, 0.6) is 11.5 Å². The first-order chi connectivity index (χ1) is 9.86. The molecule has 1 amide bonds. The number of carbonyl (C=O) groups is 1. The molecular weight excluding hydrogens is 292 g/mol. The molecular formula is C15H15ClN2O3. The van der Waals surface area contributed by atoms with E-state index in [1.165, 1.54) is 6.07 Å². The zero-order chi connectivity index (χ0) is 15.6. The van der Waals surface area contributed by atoms with Crippen LogP contribution >= 0.6 is 11.6 Å². The molecule has 0 spiro atoms. The molecule has 0 saturated carbocycles. The van der Waals surface area contributed by atoms with Gasteiger partial charge in [-0.3, -0.25) is 4.79 Å². The molecule has 1 unspecified atom stereocenters. The third-order valence-electron chi connectivity index (χ3n) is 3.04. The molecule has 0 aromatic heterocycles. The lowest BCUT2D eigenvalue weighted by atomic mass is 10.1. The number of carbonyl (C=O) groups excluding carboxylic acids is 1. The van der Waals surface area contributed by atoms with Crippen LogP contribution in [0.3, 0.4) is 0 Å². The van der Waals surface area contributed by atoms with Crippen LogP contribution < -0.4 is 11.1 Å². The third kappa shape index (κ3) is 3.58. The molecule has 2 aromatic carbocycles. The van der Waals surface area contributed by atoms with E-state index in [1.807, 2.05) is 6.92 Å². The van der Waals surface area contributed by atoms with Crippen LogP contribution in [0.25, 0.3) is 0 Å². The van der Waals surface area contributed by atoms with Crippen molar-refractivity contribution in [3.05, 3.63) is 52.5 Å². The van der Waals surface area contributed by atoms with Gasteiger partial charge >= 0.3 is 0 Å². The second-order valence-corrected chi connectivity index (χ2v) is 5.11. The van der Waals surface area contributed by atoms with Crippen LogP contribution in [-0.2, 0) is 0 Å². The number of benzene rings is 2. The molecule has 0 fully saturated rings. The predicted molar refractivity (Wildman–Crippen MR) is 81.8 cm³/mol. The Labute approximate surface area is 127 Å². The maximum absolute atomic E-state index is 11.1. The summed E-state index contributed by atoms with van der Waals surface area (Å²) >= 11 is 5.98. The van der Waals surface area contributed by atoms with E-state index in [-0.39, 0.29) is 28.1 Å². The Kier molecular flexibility index (Phi) is 4.23.